The molecule has 0 fully saturated rings. The van der Waals surface area contributed by atoms with Crippen molar-refractivity contribution in [2.75, 3.05) is 0 Å². The summed E-state index contributed by atoms with van der Waals surface area (Å²) in [4.78, 5) is 29.7. The summed E-state index contributed by atoms with van der Waals surface area (Å²) in [5, 5.41) is 2.24. The van der Waals surface area contributed by atoms with E-state index in [9.17, 15) is 9.59 Å². The van der Waals surface area contributed by atoms with Crippen molar-refractivity contribution in [1.82, 2.24) is 5.32 Å². The highest BCUT2D eigenvalue weighted by atomic mass is 16.2. The zero-order valence-corrected chi connectivity index (χ0v) is 11.4. The molecule has 0 bridgehead atoms. The molecule has 0 aliphatic heterocycles. The lowest BCUT2D eigenvalue weighted by Crippen LogP contribution is -2.38. The highest BCUT2D eigenvalue weighted by molar-refractivity contribution is 6.06. The van der Waals surface area contributed by atoms with E-state index in [0.717, 1.165) is 5.56 Å². The lowest BCUT2D eigenvalue weighted by molar-refractivity contribution is -0.126. The molecule has 0 heterocycles. The SMILES string of the molecule is CC(=O)CC(=O)N/C(N)=N/C(N)=Nc1ccc(C)cc1. The molecule has 0 radical (unpaired) electrons. The molecule has 7 nitrogen and oxygen atoms in total. The van der Waals surface area contributed by atoms with E-state index >= 15 is 0 Å². The number of ketones is 1. The Morgan fingerprint density at radius 3 is 2.35 bits per heavy atom. The minimum Gasteiger partial charge on any atom is -0.369 e. The van der Waals surface area contributed by atoms with Crippen molar-refractivity contribution in [2.45, 2.75) is 20.3 Å². The number of rotatable bonds is 3. The number of Topliss-reactive ketones (excluding diaryl/α,β-unsaturated/α-hetero) is 1. The predicted molar refractivity (Wildman–Crippen MR) is 77.5 cm³/mol. The van der Waals surface area contributed by atoms with Crippen molar-refractivity contribution in [2.24, 2.45) is 21.5 Å². The number of carbonyl (C=O) groups excluding carboxylic acids is 2. The molecule has 1 aromatic carbocycles. The molecule has 0 unspecified atom stereocenters. The fourth-order valence-corrected chi connectivity index (χ4v) is 1.34. The molecule has 1 aromatic rings. The Morgan fingerprint density at radius 2 is 1.80 bits per heavy atom. The first-order chi connectivity index (χ1) is 9.36. The van der Waals surface area contributed by atoms with Gasteiger partial charge in [0.1, 0.15) is 5.78 Å². The summed E-state index contributed by atoms with van der Waals surface area (Å²) in [6.07, 6.45) is -0.259. The third-order valence-electron chi connectivity index (χ3n) is 2.19. The molecule has 20 heavy (non-hydrogen) atoms. The van der Waals surface area contributed by atoms with Crippen molar-refractivity contribution in [3.8, 4) is 0 Å². The Kier molecular flexibility index (Phi) is 5.40. The van der Waals surface area contributed by atoms with Crippen LogP contribution in [-0.2, 0) is 9.59 Å². The highest BCUT2D eigenvalue weighted by Gasteiger charge is 2.06. The van der Waals surface area contributed by atoms with Gasteiger partial charge in [-0.05, 0) is 26.0 Å². The zero-order valence-electron chi connectivity index (χ0n) is 11.4. The van der Waals surface area contributed by atoms with Gasteiger partial charge in [-0.2, -0.15) is 4.99 Å². The van der Waals surface area contributed by atoms with Crippen LogP contribution in [0.2, 0.25) is 0 Å². The Balaban J connectivity index is 2.69. The van der Waals surface area contributed by atoms with Gasteiger partial charge in [0.25, 0.3) is 0 Å². The first kappa shape index (κ1) is 15.4. The van der Waals surface area contributed by atoms with E-state index in [1.54, 1.807) is 12.1 Å². The molecular formula is C13H17N5O2. The third kappa shape index (κ3) is 5.76. The molecule has 0 aliphatic rings. The number of guanidine groups is 2. The van der Waals surface area contributed by atoms with Gasteiger partial charge in [0, 0.05) is 0 Å². The molecule has 1 rings (SSSR count). The number of hydrogen-bond acceptors (Lipinski definition) is 3. The van der Waals surface area contributed by atoms with Crippen molar-refractivity contribution < 1.29 is 9.59 Å². The number of nitrogens with two attached hydrogens (primary N) is 2. The Labute approximate surface area is 116 Å². The smallest absolute Gasteiger partial charge is 0.234 e. The van der Waals surface area contributed by atoms with Gasteiger partial charge >= 0.3 is 0 Å². The monoisotopic (exact) mass is 275 g/mol. The van der Waals surface area contributed by atoms with Gasteiger partial charge in [0.05, 0.1) is 12.1 Å². The molecule has 5 N–H and O–H groups in total. The second-order valence-corrected chi connectivity index (χ2v) is 4.23. The van der Waals surface area contributed by atoms with Crippen molar-refractivity contribution in [3.63, 3.8) is 0 Å². The fraction of sp³-hybridized carbons (Fsp3) is 0.231. The van der Waals surface area contributed by atoms with Crippen LogP contribution in [0, 0.1) is 6.92 Å². The minimum absolute atomic E-state index is 0.0884. The van der Waals surface area contributed by atoms with E-state index in [1.165, 1.54) is 6.92 Å². The maximum Gasteiger partial charge on any atom is 0.234 e. The van der Waals surface area contributed by atoms with Crippen molar-refractivity contribution in [1.29, 1.82) is 0 Å². The Bertz CT molecular complexity index is 561. The molecule has 0 atom stereocenters. The number of nitrogens with one attached hydrogen (secondary N) is 1. The molecule has 0 spiro atoms. The van der Waals surface area contributed by atoms with Crippen LogP contribution in [0.25, 0.3) is 0 Å². The van der Waals surface area contributed by atoms with Crippen LogP contribution in [0.4, 0.5) is 5.69 Å². The lowest BCUT2D eigenvalue weighted by atomic mass is 10.2. The van der Waals surface area contributed by atoms with Crippen molar-refractivity contribution in [3.05, 3.63) is 29.8 Å². The summed E-state index contributed by atoms with van der Waals surface area (Å²) in [5.41, 5.74) is 12.8. The van der Waals surface area contributed by atoms with Crippen LogP contribution in [0.3, 0.4) is 0 Å². The molecule has 7 heteroatoms. The summed E-state index contributed by atoms with van der Waals surface area (Å²) < 4.78 is 0. The first-order valence-electron chi connectivity index (χ1n) is 5.91. The van der Waals surface area contributed by atoms with E-state index in [0.29, 0.717) is 5.69 Å². The average Bonchev–Trinajstić information content (AvgIpc) is 2.30. The normalized spacial score (nSPS) is 12.1. The number of amides is 1. The van der Waals surface area contributed by atoms with Gasteiger partial charge in [0.15, 0.2) is 0 Å². The van der Waals surface area contributed by atoms with Gasteiger partial charge in [0.2, 0.25) is 17.8 Å². The Morgan fingerprint density at radius 1 is 1.20 bits per heavy atom. The van der Waals surface area contributed by atoms with Gasteiger partial charge in [-0.1, -0.05) is 17.7 Å². The van der Waals surface area contributed by atoms with Crippen LogP contribution in [0.1, 0.15) is 18.9 Å². The van der Waals surface area contributed by atoms with Crippen LogP contribution >= 0.6 is 0 Å². The molecular weight excluding hydrogens is 258 g/mol. The predicted octanol–water partition coefficient (Wildman–Crippen LogP) is 0.351. The van der Waals surface area contributed by atoms with E-state index in [2.05, 4.69) is 15.3 Å². The number of nitrogens with zero attached hydrogens (tertiary/aromatic N) is 2. The summed E-state index contributed by atoms with van der Waals surface area (Å²) in [7, 11) is 0. The van der Waals surface area contributed by atoms with E-state index in [1.807, 2.05) is 19.1 Å². The molecule has 0 aromatic heterocycles. The van der Waals surface area contributed by atoms with Gasteiger partial charge in [-0.15, -0.1) is 0 Å². The summed E-state index contributed by atoms with van der Waals surface area (Å²) >= 11 is 0. The van der Waals surface area contributed by atoms with E-state index in [4.69, 9.17) is 11.5 Å². The molecule has 106 valence electrons. The standard InChI is InChI=1S/C13H17N5O2/c1-8-3-5-10(6-4-8)16-12(14)18-13(15)17-11(20)7-9(2)19/h3-6H,7H2,1-2H3,(H5,14,15,16,17,18,20). The maximum absolute atomic E-state index is 11.3. The highest BCUT2D eigenvalue weighted by Crippen LogP contribution is 2.12. The number of benzene rings is 1. The number of aryl methyl sites for hydroxylation is 1. The molecule has 0 saturated carbocycles. The lowest BCUT2D eigenvalue weighted by Gasteiger charge is -2.02. The summed E-state index contributed by atoms with van der Waals surface area (Å²) in [6, 6.07) is 7.33. The van der Waals surface area contributed by atoms with E-state index < -0.39 is 5.91 Å². The fourth-order valence-electron chi connectivity index (χ4n) is 1.34. The van der Waals surface area contributed by atoms with Crippen molar-refractivity contribution >= 4 is 29.3 Å². The van der Waals surface area contributed by atoms with Gasteiger partial charge < -0.3 is 11.5 Å². The van der Waals surface area contributed by atoms with Gasteiger partial charge in [-0.25, -0.2) is 4.99 Å². The largest absolute Gasteiger partial charge is 0.369 e. The minimum atomic E-state index is -0.540. The Hall–Kier alpha value is -2.70. The second-order valence-electron chi connectivity index (χ2n) is 4.23. The van der Waals surface area contributed by atoms with Crippen LogP contribution in [0.5, 0.6) is 0 Å². The maximum atomic E-state index is 11.3. The summed E-state index contributed by atoms with van der Waals surface area (Å²) in [6.45, 7) is 3.26. The quantitative estimate of drug-likeness (QED) is 0.418. The molecule has 0 aliphatic carbocycles. The second kappa shape index (κ2) is 7.03. The molecule has 1 amide bonds. The number of hydrogen-bond donors (Lipinski definition) is 3. The van der Waals surface area contributed by atoms with Crippen LogP contribution in [0.15, 0.2) is 34.3 Å². The third-order valence-corrected chi connectivity index (χ3v) is 2.19. The number of carbonyl (C=O) groups is 2. The summed E-state index contributed by atoms with van der Waals surface area (Å²) in [5.74, 6) is -1.10. The average molecular weight is 275 g/mol. The molecule has 0 saturated heterocycles. The van der Waals surface area contributed by atoms with E-state index in [-0.39, 0.29) is 24.1 Å². The first-order valence-corrected chi connectivity index (χ1v) is 5.91. The zero-order chi connectivity index (χ0) is 15.1. The topological polar surface area (TPSA) is 123 Å². The number of aliphatic imine (C=N–C) groups is 2. The van der Waals surface area contributed by atoms with Gasteiger partial charge in [-0.3, -0.25) is 14.9 Å². The van der Waals surface area contributed by atoms with Crippen LogP contribution < -0.4 is 16.8 Å². The van der Waals surface area contributed by atoms with Crippen LogP contribution in [-0.4, -0.2) is 23.6 Å².